The van der Waals surface area contributed by atoms with Gasteiger partial charge in [-0.2, -0.15) is 9.40 Å². The molecule has 1 aliphatic rings. The van der Waals surface area contributed by atoms with E-state index in [1.165, 1.54) is 10.4 Å². The molecule has 1 amide bonds. The molecule has 0 saturated carbocycles. The molecule has 0 atom stereocenters. The van der Waals surface area contributed by atoms with Crippen LogP contribution in [0.15, 0.2) is 59.8 Å². The van der Waals surface area contributed by atoms with Gasteiger partial charge in [0.1, 0.15) is 5.69 Å². The van der Waals surface area contributed by atoms with Gasteiger partial charge in [-0.25, -0.2) is 13.1 Å². The van der Waals surface area contributed by atoms with Gasteiger partial charge in [0.25, 0.3) is 5.91 Å². The molecule has 31 heavy (non-hydrogen) atoms. The van der Waals surface area contributed by atoms with Gasteiger partial charge in [-0.15, -0.1) is 0 Å². The number of benzene rings is 2. The number of anilines is 1. The minimum absolute atomic E-state index is 0.167. The number of nitrogens with one attached hydrogen (secondary N) is 1. The fourth-order valence-corrected chi connectivity index (χ4v) is 5.74. The number of rotatable bonds is 5. The summed E-state index contributed by atoms with van der Waals surface area (Å²) in [6, 6.07) is 11.7. The maximum absolute atomic E-state index is 13.2. The second-order valence-corrected chi connectivity index (χ2v) is 9.80. The number of sulfonamides is 1. The van der Waals surface area contributed by atoms with Crippen molar-refractivity contribution in [2.45, 2.75) is 31.1 Å². The fourth-order valence-electron chi connectivity index (χ4n) is 3.71. The molecule has 1 fully saturated rings. The van der Waals surface area contributed by atoms with Gasteiger partial charge >= 0.3 is 0 Å². The van der Waals surface area contributed by atoms with E-state index in [1.54, 1.807) is 60.4 Å². The highest BCUT2D eigenvalue weighted by molar-refractivity contribution is 7.89. The van der Waals surface area contributed by atoms with Crippen molar-refractivity contribution in [3.05, 3.63) is 71.0 Å². The number of nitrogens with zero attached hydrogens (tertiary/aromatic N) is 3. The van der Waals surface area contributed by atoms with Crippen molar-refractivity contribution in [2.24, 2.45) is 0 Å². The molecule has 0 unspecified atom stereocenters. The second kappa shape index (κ2) is 8.82. The number of hydrogen-bond donors (Lipinski definition) is 1. The predicted octanol–water partition coefficient (Wildman–Crippen LogP) is 4.26. The molecule has 1 N–H and O–H groups in total. The maximum Gasteiger partial charge on any atom is 0.255 e. The summed E-state index contributed by atoms with van der Waals surface area (Å²) < 4.78 is 29.4. The zero-order valence-electron chi connectivity index (χ0n) is 17.1. The van der Waals surface area contributed by atoms with E-state index in [1.807, 2.05) is 0 Å². The monoisotopic (exact) mass is 458 g/mol. The molecule has 1 aliphatic heterocycles. The minimum atomic E-state index is -3.65. The standard InChI is InChI=1S/C22H23ClN4O3S/c1-16-9-10-17(15-20(16)31(29,30)26-12-3-2-4-13-26)22(28)25-19-8-5-7-18(23)21(19)27-14-6-11-24-27/h5-11,14-15H,2-4,12-13H2,1H3,(H,25,28). The highest BCUT2D eigenvalue weighted by atomic mass is 35.5. The van der Waals surface area contributed by atoms with Crippen LogP contribution in [-0.2, 0) is 10.0 Å². The first-order valence-corrected chi connectivity index (χ1v) is 11.9. The van der Waals surface area contributed by atoms with E-state index >= 15 is 0 Å². The maximum atomic E-state index is 13.2. The Morgan fingerprint density at radius 2 is 1.87 bits per heavy atom. The van der Waals surface area contributed by atoms with Crippen LogP contribution in [-0.4, -0.2) is 41.5 Å². The van der Waals surface area contributed by atoms with Crippen molar-refractivity contribution in [2.75, 3.05) is 18.4 Å². The lowest BCUT2D eigenvalue weighted by Crippen LogP contribution is -2.36. The van der Waals surface area contributed by atoms with Gasteiger partial charge < -0.3 is 5.32 Å². The third kappa shape index (κ3) is 4.37. The molecule has 2 aromatic carbocycles. The van der Waals surface area contributed by atoms with Crippen molar-refractivity contribution in [3.63, 3.8) is 0 Å². The first kappa shape index (κ1) is 21.5. The molecular formula is C22H23ClN4O3S. The topological polar surface area (TPSA) is 84.3 Å². The molecule has 0 radical (unpaired) electrons. The Morgan fingerprint density at radius 3 is 2.58 bits per heavy atom. The van der Waals surface area contributed by atoms with E-state index in [9.17, 15) is 13.2 Å². The van der Waals surface area contributed by atoms with Crippen LogP contribution in [0.1, 0.15) is 35.2 Å². The van der Waals surface area contributed by atoms with Crippen LogP contribution >= 0.6 is 11.6 Å². The average Bonchev–Trinajstić information content (AvgIpc) is 3.29. The van der Waals surface area contributed by atoms with Gasteiger partial charge in [-0.1, -0.05) is 30.2 Å². The molecule has 4 rings (SSSR count). The zero-order chi connectivity index (χ0) is 22.0. The molecule has 1 saturated heterocycles. The molecule has 0 bridgehead atoms. The van der Waals surface area contributed by atoms with Crippen molar-refractivity contribution in [1.82, 2.24) is 14.1 Å². The number of aryl methyl sites for hydroxylation is 1. The molecule has 9 heteroatoms. The van der Waals surface area contributed by atoms with Crippen molar-refractivity contribution in [3.8, 4) is 5.69 Å². The molecule has 7 nitrogen and oxygen atoms in total. The Balaban J connectivity index is 1.66. The first-order chi connectivity index (χ1) is 14.9. The van der Waals surface area contributed by atoms with Gasteiger partial charge in [-0.05, 0) is 55.7 Å². The number of piperidine rings is 1. The van der Waals surface area contributed by atoms with Crippen LogP contribution in [0.5, 0.6) is 0 Å². The van der Waals surface area contributed by atoms with Crippen LogP contribution in [0.3, 0.4) is 0 Å². The molecule has 0 aliphatic carbocycles. The lowest BCUT2D eigenvalue weighted by molar-refractivity contribution is 0.102. The number of halogens is 1. The number of para-hydroxylation sites is 1. The zero-order valence-corrected chi connectivity index (χ0v) is 18.7. The lowest BCUT2D eigenvalue weighted by Gasteiger charge is -2.26. The summed E-state index contributed by atoms with van der Waals surface area (Å²) in [5, 5.41) is 7.46. The number of aromatic nitrogens is 2. The summed E-state index contributed by atoms with van der Waals surface area (Å²) >= 11 is 6.35. The third-order valence-corrected chi connectivity index (χ3v) is 7.70. The molecule has 3 aromatic rings. The average molecular weight is 459 g/mol. The minimum Gasteiger partial charge on any atom is -0.320 e. The predicted molar refractivity (Wildman–Crippen MR) is 120 cm³/mol. The summed E-state index contributed by atoms with van der Waals surface area (Å²) in [4.78, 5) is 13.2. The third-order valence-electron chi connectivity index (χ3n) is 5.35. The smallest absolute Gasteiger partial charge is 0.255 e. The Hall–Kier alpha value is -2.68. The number of carbonyl (C=O) groups is 1. The van der Waals surface area contributed by atoms with Crippen molar-refractivity contribution >= 4 is 33.2 Å². The highest BCUT2D eigenvalue weighted by Gasteiger charge is 2.28. The summed E-state index contributed by atoms with van der Waals surface area (Å²) in [7, 11) is -3.65. The van der Waals surface area contributed by atoms with E-state index in [-0.39, 0.29) is 10.5 Å². The Kier molecular flexibility index (Phi) is 6.13. The van der Waals surface area contributed by atoms with Crippen LogP contribution < -0.4 is 5.32 Å². The van der Waals surface area contributed by atoms with Gasteiger partial charge in [0.05, 0.1) is 15.6 Å². The van der Waals surface area contributed by atoms with Crippen LogP contribution in [0.4, 0.5) is 5.69 Å². The molecule has 162 valence electrons. The van der Waals surface area contributed by atoms with Crippen molar-refractivity contribution < 1.29 is 13.2 Å². The molecular weight excluding hydrogens is 436 g/mol. The lowest BCUT2D eigenvalue weighted by atomic mass is 10.1. The number of amides is 1. The van der Waals surface area contributed by atoms with E-state index in [0.29, 0.717) is 35.1 Å². The molecule has 2 heterocycles. The van der Waals surface area contributed by atoms with Crippen LogP contribution in [0.2, 0.25) is 5.02 Å². The summed E-state index contributed by atoms with van der Waals surface area (Å²) in [6.45, 7) is 2.76. The number of carbonyl (C=O) groups excluding carboxylic acids is 1. The first-order valence-electron chi connectivity index (χ1n) is 10.1. The normalized spacial score (nSPS) is 15.0. The Morgan fingerprint density at radius 1 is 1.10 bits per heavy atom. The van der Waals surface area contributed by atoms with Crippen LogP contribution in [0.25, 0.3) is 5.69 Å². The quantitative estimate of drug-likeness (QED) is 0.619. The Labute approximate surface area is 186 Å². The summed E-state index contributed by atoms with van der Waals surface area (Å²) in [5.74, 6) is -0.425. The molecule has 0 spiro atoms. The van der Waals surface area contributed by atoms with Gasteiger partial charge in [0, 0.05) is 31.0 Å². The van der Waals surface area contributed by atoms with Gasteiger partial charge in [0.15, 0.2) is 0 Å². The van der Waals surface area contributed by atoms with E-state index < -0.39 is 15.9 Å². The van der Waals surface area contributed by atoms with E-state index in [2.05, 4.69) is 10.4 Å². The van der Waals surface area contributed by atoms with Crippen molar-refractivity contribution in [1.29, 1.82) is 0 Å². The van der Waals surface area contributed by atoms with Gasteiger partial charge in [0.2, 0.25) is 10.0 Å². The van der Waals surface area contributed by atoms with E-state index in [0.717, 1.165) is 19.3 Å². The molecule has 1 aromatic heterocycles. The SMILES string of the molecule is Cc1ccc(C(=O)Nc2cccc(Cl)c2-n2cccn2)cc1S(=O)(=O)N1CCCCC1. The highest BCUT2D eigenvalue weighted by Crippen LogP contribution is 2.29. The summed E-state index contributed by atoms with van der Waals surface area (Å²) in [6.07, 6.45) is 6.08. The second-order valence-electron chi connectivity index (χ2n) is 7.49. The number of hydrogen-bond acceptors (Lipinski definition) is 4. The largest absolute Gasteiger partial charge is 0.320 e. The Bertz CT molecular complexity index is 1200. The fraction of sp³-hybridized carbons (Fsp3) is 0.273. The summed E-state index contributed by atoms with van der Waals surface area (Å²) in [5.41, 5.74) is 1.88. The van der Waals surface area contributed by atoms with Crippen LogP contribution in [0, 0.1) is 6.92 Å². The van der Waals surface area contributed by atoms with Gasteiger partial charge in [-0.3, -0.25) is 4.79 Å². The van der Waals surface area contributed by atoms with E-state index in [4.69, 9.17) is 11.6 Å².